The summed E-state index contributed by atoms with van der Waals surface area (Å²) < 4.78 is 2.09. The van der Waals surface area contributed by atoms with Gasteiger partial charge in [-0.3, -0.25) is 0 Å². The van der Waals surface area contributed by atoms with Crippen LogP contribution in [0.1, 0.15) is 39.4 Å². The molecule has 1 aliphatic heterocycles. The van der Waals surface area contributed by atoms with Gasteiger partial charge in [0.25, 0.3) is 0 Å². The molecule has 1 aliphatic rings. The molecule has 1 unspecified atom stereocenters. The lowest BCUT2D eigenvalue weighted by molar-refractivity contribution is 0.197. The highest BCUT2D eigenvalue weighted by Gasteiger charge is 2.27. The average Bonchev–Trinajstić information content (AvgIpc) is 2.41. The molecule has 78 valence electrons. The van der Waals surface area contributed by atoms with Gasteiger partial charge in [-0.05, 0) is 24.2 Å². The Hall–Kier alpha value is -0.860. The fourth-order valence-corrected chi connectivity index (χ4v) is 2.15. The number of aromatic nitrogens is 3. The van der Waals surface area contributed by atoms with E-state index in [1.807, 2.05) is 0 Å². The van der Waals surface area contributed by atoms with Gasteiger partial charge in [-0.2, -0.15) is 5.10 Å². The summed E-state index contributed by atoms with van der Waals surface area (Å²) in [5.74, 6) is 1.89. The zero-order valence-corrected chi connectivity index (χ0v) is 9.32. The van der Waals surface area contributed by atoms with Gasteiger partial charge in [-0.25, -0.2) is 9.67 Å². The monoisotopic (exact) mass is 193 g/mol. The van der Waals surface area contributed by atoms with Gasteiger partial charge in [0.15, 0.2) is 0 Å². The molecule has 2 rings (SSSR count). The van der Waals surface area contributed by atoms with Crippen molar-refractivity contribution in [2.45, 2.75) is 46.6 Å². The molecule has 3 heteroatoms. The van der Waals surface area contributed by atoms with Crippen LogP contribution in [0.25, 0.3) is 0 Å². The van der Waals surface area contributed by atoms with E-state index in [2.05, 4.69) is 35.5 Å². The lowest BCUT2D eigenvalue weighted by Gasteiger charge is -2.29. The molecule has 1 aromatic heterocycles. The Morgan fingerprint density at radius 1 is 1.43 bits per heavy atom. The van der Waals surface area contributed by atoms with Crippen molar-refractivity contribution in [3.8, 4) is 0 Å². The number of aryl methyl sites for hydroxylation is 1. The summed E-state index contributed by atoms with van der Waals surface area (Å²) in [4.78, 5) is 4.29. The molecular formula is C11H19N3. The van der Waals surface area contributed by atoms with Gasteiger partial charge < -0.3 is 0 Å². The van der Waals surface area contributed by atoms with Gasteiger partial charge in [0.1, 0.15) is 12.2 Å². The maximum atomic E-state index is 4.29. The van der Waals surface area contributed by atoms with Gasteiger partial charge in [0, 0.05) is 13.0 Å². The van der Waals surface area contributed by atoms with Crippen LogP contribution in [-0.4, -0.2) is 14.8 Å². The Bertz CT molecular complexity index is 309. The molecule has 2 heterocycles. The van der Waals surface area contributed by atoms with E-state index in [0.29, 0.717) is 5.41 Å². The van der Waals surface area contributed by atoms with E-state index < -0.39 is 0 Å². The van der Waals surface area contributed by atoms with Crippen LogP contribution in [0.5, 0.6) is 0 Å². The summed E-state index contributed by atoms with van der Waals surface area (Å²) in [7, 11) is 0. The SMILES string of the molecule is CC(C)(C)C1CCCc2ncnn2C1. The van der Waals surface area contributed by atoms with Crippen LogP contribution in [0.15, 0.2) is 6.33 Å². The first-order chi connectivity index (χ1) is 6.57. The summed E-state index contributed by atoms with van der Waals surface area (Å²) in [6, 6.07) is 0. The highest BCUT2D eigenvalue weighted by molar-refractivity contribution is 4.90. The summed E-state index contributed by atoms with van der Waals surface area (Å²) in [6.07, 6.45) is 5.32. The lowest BCUT2D eigenvalue weighted by atomic mass is 9.78. The molecule has 0 bridgehead atoms. The van der Waals surface area contributed by atoms with E-state index >= 15 is 0 Å². The Kier molecular flexibility index (Phi) is 2.33. The number of hydrogen-bond donors (Lipinski definition) is 0. The lowest BCUT2D eigenvalue weighted by Crippen LogP contribution is -2.24. The fraction of sp³-hybridized carbons (Fsp3) is 0.818. The first kappa shape index (κ1) is 9.69. The standard InChI is InChI=1S/C11H19N3/c1-11(2,3)9-5-4-6-10-12-8-13-14(10)7-9/h8-9H,4-7H2,1-3H3. The predicted octanol–water partition coefficient (Wildman–Crippen LogP) is 2.28. The second-order valence-electron chi connectivity index (χ2n) is 5.31. The summed E-state index contributed by atoms with van der Waals surface area (Å²) >= 11 is 0. The molecule has 0 N–H and O–H groups in total. The molecule has 0 saturated carbocycles. The summed E-state index contributed by atoms with van der Waals surface area (Å²) in [5.41, 5.74) is 0.382. The van der Waals surface area contributed by atoms with Gasteiger partial charge in [0.2, 0.25) is 0 Å². The topological polar surface area (TPSA) is 30.7 Å². The fourth-order valence-electron chi connectivity index (χ4n) is 2.15. The highest BCUT2D eigenvalue weighted by atomic mass is 15.3. The van der Waals surface area contributed by atoms with Crippen molar-refractivity contribution in [2.75, 3.05) is 0 Å². The molecule has 0 aliphatic carbocycles. The first-order valence-electron chi connectivity index (χ1n) is 5.44. The minimum Gasteiger partial charge on any atom is -0.250 e. The number of rotatable bonds is 0. The zero-order chi connectivity index (χ0) is 10.2. The van der Waals surface area contributed by atoms with E-state index in [-0.39, 0.29) is 0 Å². The molecule has 0 fully saturated rings. The van der Waals surface area contributed by atoms with Gasteiger partial charge >= 0.3 is 0 Å². The quantitative estimate of drug-likeness (QED) is 0.633. The molecule has 0 radical (unpaired) electrons. The first-order valence-corrected chi connectivity index (χ1v) is 5.44. The Morgan fingerprint density at radius 2 is 2.21 bits per heavy atom. The molecule has 0 spiro atoms. The van der Waals surface area contributed by atoms with Crippen molar-refractivity contribution in [1.29, 1.82) is 0 Å². The second-order valence-corrected chi connectivity index (χ2v) is 5.31. The minimum absolute atomic E-state index is 0.382. The number of fused-ring (bicyclic) bond motifs is 1. The number of hydrogen-bond acceptors (Lipinski definition) is 2. The average molecular weight is 193 g/mol. The molecule has 1 aromatic rings. The van der Waals surface area contributed by atoms with E-state index in [1.54, 1.807) is 6.33 Å². The summed E-state index contributed by atoms with van der Waals surface area (Å²) in [5, 5.41) is 4.29. The van der Waals surface area contributed by atoms with Crippen LogP contribution in [-0.2, 0) is 13.0 Å². The zero-order valence-electron chi connectivity index (χ0n) is 9.32. The van der Waals surface area contributed by atoms with Crippen molar-refractivity contribution in [2.24, 2.45) is 11.3 Å². The molecular weight excluding hydrogens is 174 g/mol. The van der Waals surface area contributed by atoms with Gasteiger partial charge in [-0.1, -0.05) is 20.8 Å². The van der Waals surface area contributed by atoms with Gasteiger partial charge in [0.05, 0.1) is 0 Å². The van der Waals surface area contributed by atoms with Crippen molar-refractivity contribution < 1.29 is 0 Å². The highest BCUT2D eigenvalue weighted by Crippen LogP contribution is 2.33. The molecule has 3 nitrogen and oxygen atoms in total. The molecule has 14 heavy (non-hydrogen) atoms. The third-order valence-corrected chi connectivity index (χ3v) is 3.27. The molecule has 1 atom stereocenters. The maximum Gasteiger partial charge on any atom is 0.138 e. The van der Waals surface area contributed by atoms with Gasteiger partial charge in [-0.15, -0.1) is 0 Å². The van der Waals surface area contributed by atoms with Crippen LogP contribution in [0.3, 0.4) is 0 Å². The van der Waals surface area contributed by atoms with Crippen LogP contribution in [0.4, 0.5) is 0 Å². The smallest absolute Gasteiger partial charge is 0.138 e. The predicted molar refractivity (Wildman–Crippen MR) is 55.9 cm³/mol. The normalized spacial score (nSPS) is 22.9. The van der Waals surface area contributed by atoms with Crippen LogP contribution >= 0.6 is 0 Å². The van der Waals surface area contributed by atoms with Crippen molar-refractivity contribution >= 4 is 0 Å². The van der Waals surface area contributed by atoms with Crippen LogP contribution < -0.4 is 0 Å². The molecule has 0 saturated heterocycles. The van der Waals surface area contributed by atoms with Crippen LogP contribution in [0.2, 0.25) is 0 Å². The largest absolute Gasteiger partial charge is 0.250 e. The minimum atomic E-state index is 0.382. The van der Waals surface area contributed by atoms with E-state index in [9.17, 15) is 0 Å². The van der Waals surface area contributed by atoms with Crippen LogP contribution in [0, 0.1) is 11.3 Å². The maximum absolute atomic E-state index is 4.29. The van der Waals surface area contributed by atoms with Crippen molar-refractivity contribution in [3.63, 3.8) is 0 Å². The Labute approximate surface area is 85.5 Å². The third-order valence-electron chi connectivity index (χ3n) is 3.27. The van der Waals surface area contributed by atoms with Crippen molar-refractivity contribution in [1.82, 2.24) is 14.8 Å². The second kappa shape index (κ2) is 3.37. The molecule has 0 aromatic carbocycles. The number of nitrogens with zero attached hydrogens (tertiary/aromatic N) is 3. The summed E-state index contributed by atoms with van der Waals surface area (Å²) in [6.45, 7) is 8.00. The van der Waals surface area contributed by atoms with Crippen molar-refractivity contribution in [3.05, 3.63) is 12.2 Å². The van der Waals surface area contributed by atoms with E-state index in [0.717, 1.165) is 24.7 Å². The third kappa shape index (κ3) is 1.81. The van der Waals surface area contributed by atoms with E-state index in [4.69, 9.17) is 0 Å². The Morgan fingerprint density at radius 3 is 2.93 bits per heavy atom. The molecule has 0 amide bonds. The Balaban J connectivity index is 2.20. The van der Waals surface area contributed by atoms with E-state index in [1.165, 1.54) is 12.8 Å².